The van der Waals surface area contributed by atoms with Gasteiger partial charge in [-0.3, -0.25) is 9.69 Å². The minimum atomic E-state index is 0.242. The standard InChI is InChI=1S/C14H25N3O/c1-14(2)10-15(3)8-12-9-16(6-7-17(12)14)13(18)11-4-5-11/h11-12H,4-10H2,1-3H3/t12-/m1/s1. The van der Waals surface area contributed by atoms with Crippen LogP contribution in [0, 0.1) is 5.92 Å². The van der Waals surface area contributed by atoms with Crippen LogP contribution in [0.5, 0.6) is 0 Å². The van der Waals surface area contributed by atoms with E-state index in [1.165, 1.54) is 0 Å². The lowest BCUT2D eigenvalue weighted by Crippen LogP contribution is -2.69. The van der Waals surface area contributed by atoms with Crippen molar-refractivity contribution in [2.24, 2.45) is 5.92 Å². The summed E-state index contributed by atoms with van der Waals surface area (Å²) in [4.78, 5) is 19.3. The van der Waals surface area contributed by atoms with Crippen LogP contribution in [0.25, 0.3) is 0 Å². The zero-order valence-electron chi connectivity index (χ0n) is 11.9. The summed E-state index contributed by atoms with van der Waals surface area (Å²) in [6, 6.07) is 0.523. The van der Waals surface area contributed by atoms with E-state index in [1.807, 2.05) is 0 Å². The number of piperazine rings is 2. The molecule has 0 bridgehead atoms. The summed E-state index contributed by atoms with van der Waals surface area (Å²) in [5, 5.41) is 0. The lowest BCUT2D eigenvalue weighted by Gasteiger charge is -2.55. The fourth-order valence-corrected chi connectivity index (χ4v) is 3.77. The Balaban J connectivity index is 1.69. The highest BCUT2D eigenvalue weighted by atomic mass is 16.2. The van der Waals surface area contributed by atoms with Crippen molar-refractivity contribution < 1.29 is 4.79 Å². The van der Waals surface area contributed by atoms with Crippen LogP contribution in [0.4, 0.5) is 0 Å². The number of carbonyl (C=O) groups is 1. The third-order valence-electron chi connectivity index (χ3n) is 4.68. The van der Waals surface area contributed by atoms with E-state index in [4.69, 9.17) is 0 Å². The number of amides is 1. The first-order valence-electron chi connectivity index (χ1n) is 7.21. The molecule has 1 amide bonds. The molecule has 4 heteroatoms. The van der Waals surface area contributed by atoms with Crippen molar-refractivity contribution in [1.29, 1.82) is 0 Å². The third kappa shape index (κ3) is 2.16. The number of nitrogens with zero attached hydrogens (tertiary/aromatic N) is 3. The molecule has 18 heavy (non-hydrogen) atoms. The fraction of sp³-hybridized carbons (Fsp3) is 0.929. The number of likely N-dealkylation sites (N-methyl/N-ethyl adjacent to an activating group) is 1. The molecule has 3 rings (SSSR count). The molecule has 0 spiro atoms. The van der Waals surface area contributed by atoms with E-state index in [9.17, 15) is 4.79 Å². The number of hydrogen-bond donors (Lipinski definition) is 0. The Morgan fingerprint density at radius 3 is 2.56 bits per heavy atom. The quantitative estimate of drug-likeness (QED) is 0.684. The van der Waals surface area contributed by atoms with E-state index >= 15 is 0 Å². The Kier molecular flexibility index (Phi) is 2.90. The van der Waals surface area contributed by atoms with Gasteiger partial charge >= 0.3 is 0 Å². The molecule has 2 saturated heterocycles. The summed E-state index contributed by atoms with van der Waals surface area (Å²) in [5.74, 6) is 0.784. The number of fused-ring (bicyclic) bond motifs is 1. The smallest absolute Gasteiger partial charge is 0.225 e. The molecule has 1 atom stereocenters. The topological polar surface area (TPSA) is 26.8 Å². The molecule has 0 unspecified atom stereocenters. The zero-order valence-corrected chi connectivity index (χ0v) is 11.9. The average Bonchev–Trinajstić information content (AvgIpc) is 3.09. The normalized spacial score (nSPS) is 33.3. The van der Waals surface area contributed by atoms with Crippen LogP contribution in [-0.4, -0.2) is 72.0 Å². The van der Waals surface area contributed by atoms with Crippen LogP contribution in [-0.2, 0) is 4.79 Å². The van der Waals surface area contributed by atoms with E-state index in [0.717, 1.165) is 45.6 Å². The second kappa shape index (κ2) is 4.20. The Morgan fingerprint density at radius 1 is 1.17 bits per heavy atom. The molecule has 2 aliphatic heterocycles. The summed E-state index contributed by atoms with van der Waals surface area (Å²) in [6.45, 7) is 9.78. The fourth-order valence-electron chi connectivity index (χ4n) is 3.77. The Labute approximate surface area is 110 Å². The van der Waals surface area contributed by atoms with Crippen molar-refractivity contribution in [2.75, 3.05) is 39.8 Å². The van der Waals surface area contributed by atoms with Crippen LogP contribution in [0.1, 0.15) is 26.7 Å². The second-order valence-corrected chi connectivity index (χ2v) is 6.91. The Morgan fingerprint density at radius 2 is 1.89 bits per heavy atom. The van der Waals surface area contributed by atoms with Gasteiger partial charge in [0.2, 0.25) is 5.91 Å². The zero-order chi connectivity index (χ0) is 12.9. The summed E-state index contributed by atoms with van der Waals surface area (Å²) in [5.41, 5.74) is 0.242. The van der Waals surface area contributed by atoms with Gasteiger partial charge in [-0.25, -0.2) is 0 Å². The monoisotopic (exact) mass is 251 g/mol. The van der Waals surface area contributed by atoms with Gasteiger partial charge in [0.1, 0.15) is 0 Å². The molecule has 0 aromatic rings. The molecule has 1 saturated carbocycles. The number of hydrogen-bond acceptors (Lipinski definition) is 3. The van der Waals surface area contributed by atoms with Crippen LogP contribution < -0.4 is 0 Å². The van der Waals surface area contributed by atoms with Crippen molar-refractivity contribution in [2.45, 2.75) is 38.3 Å². The molecule has 102 valence electrons. The van der Waals surface area contributed by atoms with Crippen molar-refractivity contribution in [3.63, 3.8) is 0 Å². The van der Waals surface area contributed by atoms with Gasteiger partial charge in [-0.15, -0.1) is 0 Å². The first-order valence-corrected chi connectivity index (χ1v) is 7.21. The molecule has 2 heterocycles. The van der Waals surface area contributed by atoms with Gasteiger partial charge in [-0.05, 0) is 33.7 Å². The number of carbonyl (C=O) groups excluding carboxylic acids is 1. The molecular formula is C14H25N3O. The summed E-state index contributed by atoms with van der Waals surface area (Å²) >= 11 is 0. The van der Waals surface area contributed by atoms with Crippen molar-refractivity contribution in [1.82, 2.24) is 14.7 Å². The molecule has 3 aliphatic rings. The molecule has 0 N–H and O–H groups in total. The predicted octanol–water partition coefficient (Wildman–Crippen LogP) is 0.633. The SMILES string of the molecule is CN1C[C@@H]2CN(C(=O)C3CC3)CCN2C(C)(C)C1. The van der Waals surface area contributed by atoms with E-state index in [-0.39, 0.29) is 5.54 Å². The predicted molar refractivity (Wildman–Crippen MR) is 71.4 cm³/mol. The van der Waals surface area contributed by atoms with Gasteiger partial charge in [0, 0.05) is 50.2 Å². The highest BCUT2D eigenvalue weighted by Crippen LogP contribution is 2.33. The minimum absolute atomic E-state index is 0.242. The van der Waals surface area contributed by atoms with Crippen molar-refractivity contribution in [3.05, 3.63) is 0 Å². The van der Waals surface area contributed by atoms with Gasteiger partial charge in [-0.1, -0.05) is 0 Å². The van der Waals surface area contributed by atoms with E-state index in [2.05, 4.69) is 35.6 Å². The second-order valence-electron chi connectivity index (χ2n) is 6.91. The first kappa shape index (κ1) is 12.4. The first-order chi connectivity index (χ1) is 8.47. The average molecular weight is 251 g/mol. The van der Waals surface area contributed by atoms with Gasteiger partial charge in [0.05, 0.1) is 0 Å². The molecule has 1 aliphatic carbocycles. The van der Waals surface area contributed by atoms with E-state index in [1.54, 1.807) is 0 Å². The van der Waals surface area contributed by atoms with E-state index in [0.29, 0.717) is 17.9 Å². The van der Waals surface area contributed by atoms with Crippen molar-refractivity contribution in [3.8, 4) is 0 Å². The molecule has 3 fully saturated rings. The largest absolute Gasteiger partial charge is 0.340 e. The molecular weight excluding hydrogens is 226 g/mol. The lowest BCUT2D eigenvalue weighted by atomic mass is 9.93. The minimum Gasteiger partial charge on any atom is -0.340 e. The Bertz CT molecular complexity index is 351. The van der Waals surface area contributed by atoms with Crippen LogP contribution >= 0.6 is 0 Å². The molecule has 4 nitrogen and oxygen atoms in total. The van der Waals surface area contributed by atoms with Crippen LogP contribution in [0.15, 0.2) is 0 Å². The summed E-state index contributed by atoms with van der Waals surface area (Å²) in [6.07, 6.45) is 2.24. The maximum Gasteiger partial charge on any atom is 0.225 e. The van der Waals surface area contributed by atoms with Gasteiger partial charge < -0.3 is 9.80 Å². The molecule has 0 radical (unpaired) electrons. The third-order valence-corrected chi connectivity index (χ3v) is 4.68. The van der Waals surface area contributed by atoms with Crippen molar-refractivity contribution >= 4 is 5.91 Å². The van der Waals surface area contributed by atoms with Crippen LogP contribution in [0.2, 0.25) is 0 Å². The van der Waals surface area contributed by atoms with Gasteiger partial charge in [-0.2, -0.15) is 0 Å². The Hall–Kier alpha value is -0.610. The summed E-state index contributed by atoms with van der Waals surface area (Å²) in [7, 11) is 2.20. The van der Waals surface area contributed by atoms with Gasteiger partial charge in [0.15, 0.2) is 0 Å². The van der Waals surface area contributed by atoms with E-state index < -0.39 is 0 Å². The molecule has 0 aromatic carbocycles. The highest BCUT2D eigenvalue weighted by Gasteiger charge is 2.44. The maximum atomic E-state index is 12.2. The summed E-state index contributed by atoms with van der Waals surface area (Å²) < 4.78 is 0. The maximum absolute atomic E-state index is 12.2. The number of rotatable bonds is 1. The molecule has 0 aromatic heterocycles. The van der Waals surface area contributed by atoms with Crippen LogP contribution in [0.3, 0.4) is 0 Å². The highest BCUT2D eigenvalue weighted by molar-refractivity contribution is 5.81. The van der Waals surface area contributed by atoms with Gasteiger partial charge in [0.25, 0.3) is 0 Å². The lowest BCUT2D eigenvalue weighted by molar-refractivity contribution is -0.139.